The van der Waals surface area contributed by atoms with Crippen LogP contribution in [-0.2, 0) is 21.4 Å². The summed E-state index contributed by atoms with van der Waals surface area (Å²) >= 11 is 1.50. The number of hydrogen-bond acceptors (Lipinski definition) is 9. The predicted octanol–water partition coefficient (Wildman–Crippen LogP) is 0.621. The quantitative estimate of drug-likeness (QED) is 0.427. The van der Waals surface area contributed by atoms with Gasteiger partial charge in [-0.2, -0.15) is 11.8 Å². The van der Waals surface area contributed by atoms with E-state index in [4.69, 9.17) is 15.2 Å². The van der Waals surface area contributed by atoms with E-state index in [1.54, 1.807) is 6.07 Å². The number of benzene rings is 1. The summed E-state index contributed by atoms with van der Waals surface area (Å²) in [6.07, 6.45) is 2.26. The van der Waals surface area contributed by atoms with Crippen LogP contribution < -0.4 is 20.5 Å². The number of likely N-dealkylation sites (tertiary alicyclic amines) is 1. The molecule has 34 heavy (non-hydrogen) atoms. The highest BCUT2D eigenvalue weighted by Crippen LogP contribution is 2.67. The lowest BCUT2D eigenvalue weighted by Gasteiger charge is -2.65. The van der Waals surface area contributed by atoms with Crippen molar-refractivity contribution < 1.29 is 34.1 Å². The Morgan fingerprint density at radius 3 is 2.85 bits per heavy atom. The van der Waals surface area contributed by atoms with Gasteiger partial charge in [-0.15, -0.1) is 0 Å². The van der Waals surface area contributed by atoms with E-state index in [1.165, 1.54) is 11.8 Å². The molecule has 0 unspecified atom stereocenters. The second-order valence-electron chi connectivity index (χ2n) is 9.65. The highest BCUT2D eigenvalue weighted by Gasteiger charge is 2.80. The molecular weight excluding hydrogens is 462 g/mol. The van der Waals surface area contributed by atoms with E-state index in [2.05, 4.69) is 10.2 Å². The highest BCUT2D eigenvalue weighted by atomic mass is 32.2. The average Bonchev–Trinajstić information content (AvgIpc) is 3.08. The summed E-state index contributed by atoms with van der Waals surface area (Å²) in [5.41, 5.74) is 2.38. The normalized spacial score (nSPS) is 34.2. The molecule has 5 N–H and O–H groups in total. The van der Waals surface area contributed by atoms with Crippen molar-refractivity contribution in [3.8, 4) is 11.5 Å². The van der Waals surface area contributed by atoms with Gasteiger partial charge in [-0.05, 0) is 62.9 Å². The maximum absolute atomic E-state index is 13.8. The monoisotopic (exact) mass is 491 g/mol. The maximum Gasteiger partial charge on any atom is 0.410 e. The summed E-state index contributed by atoms with van der Waals surface area (Å²) in [6, 6.07) is 2.03. The fourth-order valence-electron chi connectivity index (χ4n) is 6.80. The molecule has 4 aliphatic rings. The number of carboxylic acid groups (broad SMARTS) is 1. The number of aliphatic hydroxyl groups is 1. The average molecular weight is 492 g/mol. The summed E-state index contributed by atoms with van der Waals surface area (Å²) in [5, 5.41) is 25.4. The number of ether oxygens (including phenoxy) is 2. The van der Waals surface area contributed by atoms with Crippen molar-refractivity contribution in [2.45, 2.75) is 60.9 Å². The molecule has 5 rings (SSSR count). The third-order valence-electron chi connectivity index (χ3n) is 8.19. The molecule has 1 saturated carbocycles. The number of nitrogens with two attached hydrogens (primary N) is 1. The number of carbonyl (C=O) groups is 3. The number of ketones is 1. The van der Waals surface area contributed by atoms with Crippen LogP contribution in [0.3, 0.4) is 0 Å². The Labute approximate surface area is 201 Å². The summed E-state index contributed by atoms with van der Waals surface area (Å²) in [5.74, 6) is -0.625. The largest absolute Gasteiger partial charge is 0.480 e. The molecule has 184 valence electrons. The Morgan fingerprint density at radius 1 is 1.41 bits per heavy atom. The SMILES string of the molecule is CSCC[C@H](N[C@@]12Oc3c(OC(N)=O)ccc4c3[C@@]13CCN(C)[C@H](C4)[C@]3(O)CCC2=O)C(=O)O. The van der Waals surface area contributed by atoms with Gasteiger partial charge in [0.1, 0.15) is 6.04 Å². The number of Topliss-reactive ketones (excluding diaryl/α,β-unsaturated/α-hetero) is 1. The Hall–Kier alpha value is -2.34. The fraction of sp³-hybridized carbons (Fsp3) is 0.609. The third kappa shape index (κ3) is 2.84. The number of rotatable bonds is 7. The molecule has 1 spiro atoms. The lowest BCUT2D eigenvalue weighted by atomic mass is 9.47. The van der Waals surface area contributed by atoms with Crippen molar-refractivity contribution in [2.24, 2.45) is 5.73 Å². The molecule has 1 amide bonds. The van der Waals surface area contributed by atoms with E-state index in [0.717, 1.165) is 5.56 Å². The summed E-state index contributed by atoms with van der Waals surface area (Å²) in [4.78, 5) is 39.7. The van der Waals surface area contributed by atoms with Crippen molar-refractivity contribution in [3.05, 3.63) is 23.3 Å². The van der Waals surface area contributed by atoms with Crippen molar-refractivity contribution in [1.82, 2.24) is 10.2 Å². The molecule has 5 atom stereocenters. The number of aliphatic carboxylic acids is 1. The number of hydrogen-bond donors (Lipinski definition) is 4. The molecule has 10 nitrogen and oxygen atoms in total. The first-order chi connectivity index (χ1) is 16.1. The number of primary amides is 1. The van der Waals surface area contributed by atoms with E-state index in [-0.39, 0.29) is 42.6 Å². The first-order valence-electron chi connectivity index (χ1n) is 11.4. The van der Waals surface area contributed by atoms with Crippen molar-refractivity contribution >= 4 is 29.6 Å². The first kappa shape index (κ1) is 23.4. The number of nitrogens with zero attached hydrogens (tertiary/aromatic N) is 1. The van der Waals surface area contributed by atoms with Gasteiger partial charge in [0.2, 0.25) is 5.72 Å². The second-order valence-corrected chi connectivity index (χ2v) is 10.6. The molecule has 2 aliphatic carbocycles. The number of nitrogens with one attached hydrogen (secondary N) is 1. The number of carboxylic acids is 1. The molecule has 1 aromatic carbocycles. The van der Waals surface area contributed by atoms with Gasteiger partial charge >= 0.3 is 12.1 Å². The van der Waals surface area contributed by atoms with Gasteiger partial charge in [-0.3, -0.25) is 14.9 Å². The van der Waals surface area contributed by atoms with Crippen LogP contribution in [0.2, 0.25) is 0 Å². The minimum Gasteiger partial charge on any atom is -0.480 e. The van der Waals surface area contributed by atoms with Crippen LogP contribution in [0.4, 0.5) is 4.79 Å². The Morgan fingerprint density at radius 2 is 2.18 bits per heavy atom. The molecule has 11 heteroatoms. The molecule has 2 fully saturated rings. The Balaban J connectivity index is 1.76. The van der Waals surface area contributed by atoms with Gasteiger partial charge in [0.25, 0.3) is 0 Å². The minimum atomic E-state index is -1.81. The lowest BCUT2D eigenvalue weighted by molar-refractivity contribution is -0.218. The molecule has 2 aliphatic heterocycles. The van der Waals surface area contributed by atoms with Gasteiger partial charge in [0.15, 0.2) is 17.3 Å². The van der Waals surface area contributed by atoms with Crippen molar-refractivity contribution in [3.63, 3.8) is 0 Å². The zero-order chi connectivity index (χ0) is 24.5. The van der Waals surface area contributed by atoms with Crippen LogP contribution >= 0.6 is 11.8 Å². The Kier molecular flexibility index (Phi) is 5.40. The van der Waals surface area contributed by atoms with Crippen LogP contribution in [0.5, 0.6) is 11.5 Å². The predicted molar refractivity (Wildman–Crippen MR) is 123 cm³/mol. The third-order valence-corrected chi connectivity index (χ3v) is 8.83. The number of piperidine rings is 1. The van der Waals surface area contributed by atoms with Crippen LogP contribution in [-0.4, -0.2) is 82.0 Å². The Bertz CT molecular complexity index is 1080. The van der Waals surface area contributed by atoms with Gasteiger partial charge in [-0.1, -0.05) is 6.07 Å². The van der Waals surface area contributed by atoms with E-state index in [1.807, 2.05) is 19.4 Å². The molecule has 2 bridgehead atoms. The van der Waals surface area contributed by atoms with Gasteiger partial charge < -0.3 is 30.3 Å². The standard InChI is InChI=1S/C23H29N3O7S/c1-26-9-8-21-17-12-3-4-14(32-20(24)30)18(17)33-23(21,25-13(19(28)29)6-10-34-2)16(27)5-7-22(21,31)15(26)11-12/h3-4,13,15,25,31H,5-11H2,1-2H3,(H2,24,30)(H,28,29)/t13-,15+,21+,22+,23-/m0/s1. The van der Waals surface area contributed by atoms with Gasteiger partial charge in [-0.25, -0.2) is 4.79 Å². The number of carbonyl (C=O) groups excluding carboxylic acids is 2. The topological polar surface area (TPSA) is 151 Å². The van der Waals surface area contributed by atoms with Crippen LogP contribution in [0, 0.1) is 0 Å². The molecule has 2 heterocycles. The van der Waals surface area contributed by atoms with Gasteiger partial charge in [0.05, 0.1) is 11.0 Å². The lowest BCUT2D eigenvalue weighted by Crippen LogP contribution is -2.84. The van der Waals surface area contributed by atoms with Gasteiger partial charge in [0, 0.05) is 18.0 Å². The molecule has 0 aromatic heterocycles. The van der Waals surface area contributed by atoms with Crippen LogP contribution in [0.15, 0.2) is 12.1 Å². The van der Waals surface area contributed by atoms with E-state index >= 15 is 0 Å². The minimum absolute atomic E-state index is 0.0276. The number of likely N-dealkylation sites (N-methyl/N-ethyl adjacent to an activating group) is 1. The molecule has 1 aromatic rings. The fourth-order valence-corrected chi connectivity index (χ4v) is 7.27. The van der Waals surface area contributed by atoms with Crippen LogP contribution in [0.25, 0.3) is 0 Å². The molecule has 1 saturated heterocycles. The molecule has 0 radical (unpaired) electrons. The van der Waals surface area contributed by atoms with E-state index in [9.17, 15) is 24.6 Å². The van der Waals surface area contributed by atoms with E-state index in [0.29, 0.717) is 30.7 Å². The van der Waals surface area contributed by atoms with Crippen molar-refractivity contribution in [1.29, 1.82) is 0 Å². The molecular formula is C23H29N3O7S. The summed E-state index contributed by atoms with van der Waals surface area (Å²) in [7, 11) is 1.95. The smallest absolute Gasteiger partial charge is 0.410 e. The maximum atomic E-state index is 13.8. The van der Waals surface area contributed by atoms with E-state index < -0.39 is 34.8 Å². The van der Waals surface area contributed by atoms with Crippen molar-refractivity contribution in [2.75, 3.05) is 25.6 Å². The summed E-state index contributed by atoms with van der Waals surface area (Å²) < 4.78 is 11.7. The highest BCUT2D eigenvalue weighted by molar-refractivity contribution is 7.98. The zero-order valence-corrected chi connectivity index (χ0v) is 19.9. The second kappa shape index (κ2) is 7.84. The summed E-state index contributed by atoms with van der Waals surface area (Å²) in [6.45, 7) is 0.579. The van der Waals surface area contributed by atoms with Crippen LogP contribution in [0.1, 0.15) is 36.8 Å². The number of thioether (sulfide) groups is 1. The first-order valence-corrected chi connectivity index (χ1v) is 12.8. The number of amides is 1. The zero-order valence-electron chi connectivity index (χ0n) is 19.1.